The fourth-order valence-corrected chi connectivity index (χ4v) is 3.29. The van der Waals surface area contributed by atoms with E-state index in [0.29, 0.717) is 24.9 Å². The maximum Gasteiger partial charge on any atom is 0.329 e. The van der Waals surface area contributed by atoms with Gasteiger partial charge in [-0.25, -0.2) is 4.79 Å². The van der Waals surface area contributed by atoms with Crippen LogP contribution in [-0.2, 0) is 23.9 Å². The van der Waals surface area contributed by atoms with Gasteiger partial charge in [-0.3, -0.25) is 14.4 Å². The predicted molar refractivity (Wildman–Crippen MR) is 105 cm³/mol. The van der Waals surface area contributed by atoms with Crippen molar-refractivity contribution in [2.45, 2.75) is 65.6 Å². The molecule has 1 heterocycles. The van der Waals surface area contributed by atoms with Crippen molar-refractivity contribution in [2.75, 3.05) is 20.1 Å². The molecule has 2 atom stereocenters. The zero-order chi connectivity index (χ0) is 21.4. The van der Waals surface area contributed by atoms with Gasteiger partial charge in [-0.2, -0.15) is 0 Å². The molecule has 0 aromatic heterocycles. The monoisotopic (exact) mass is 395 g/mol. The van der Waals surface area contributed by atoms with Crippen LogP contribution in [-0.4, -0.2) is 72.3 Å². The molecule has 28 heavy (non-hydrogen) atoms. The number of hydrogen-bond acceptors (Lipinski definition) is 5. The average molecular weight is 396 g/mol. The quantitative estimate of drug-likeness (QED) is 0.358. The van der Waals surface area contributed by atoms with Gasteiger partial charge < -0.3 is 19.9 Å². The van der Waals surface area contributed by atoms with E-state index in [9.17, 15) is 19.2 Å². The van der Waals surface area contributed by atoms with E-state index in [2.05, 4.69) is 5.32 Å². The van der Waals surface area contributed by atoms with Gasteiger partial charge in [0, 0.05) is 19.2 Å². The normalized spacial score (nSPS) is 18.2. The van der Waals surface area contributed by atoms with E-state index in [1.807, 2.05) is 13.8 Å². The number of nitrogens with one attached hydrogen (secondary N) is 1. The highest BCUT2D eigenvalue weighted by molar-refractivity contribution is 5.96. The van der Waals surface area contributed by atoms with Crippen LogP contribution in [0, 0.1) is 5.92 Å². The second-order valence-corrected chi connectivity index (χ2v) is 7.73. The van der Waals surface area contributed by atoms with Gasteiger partial charge in [-0.15, -0.1) is 0 Å². The summed E-state index contributed by atoms with van der Waals surface area (Å²) >= 11 is 0. The zero-order valence-electron chi connectivity index (χ0n) is 17.7. The molecule has 0 radical (unpaired) electrons. The molecule has 0 aliphatic carbocycles. The highest BCUT2D eigenvalue weighted by Gasteiger charge is 2.36. The number of hydrogen-bond donors (Lipinski definition) is 1. The highest BCUT2D eigenvalue weighted by Crippen LogP contribution is 2.22. The number of nitrogens with zero attached hydrogens (tertiary/aromatic N) is 2. The minimum absolute atomic E-state index is 0.0632. The standard InChI is InChI=1S/C20H33N3O5/c1-13(2)17(22(6)18(25)11-21-12-24)10-15(5)19(26)23-9-7-8-16(23)20(27)28-14(3)4/h10,12-14,16-17H,7-9,11H2,1-6H3,(H,21,24)/t16-,17+/m0/s1. The number of carbonyl (C=O) groups is 4. The lowest BCUT2D eigenvalue weighted by Crippen LogP contribution is -2.45. The number of rotatable bonds is 9. The molecule has 0 bridgehead atoms. The molecule has 1 fully saturated rings. The number of likely N-dealkylation sites (N-methyl/N-ethyl adjacent to an activating group) is 1. The first-order valence-electron chi connectivity index (χ1n) is 9.72. The lowest BCUT2D eigenvalue weighted by Gasteiger charge is -2.30. The van der Waals surface area contributed by atoms with Crippen LogP contribution in [0.25, 0.3) is 0 Å². The number of amides is 3. The van der Waals surface area contributed by atoms with Gasteiger partial charge in [0.05, 0.1) is 18.7 Å². The third kappa shape index (κ3) is 6.35. The molecule has 8 nitrogen and oxygen atoms in total. The Kier molecular flexibility index (Phi) is 9.15. The lowest BCUT2D eigenvalue weighted by atomic mass is 9.99. The summed E-state index contributed by atoms with van der Waals surface area (Å²) < 4.78 is 5.28. The molecule has 0 aromatic rings. The van der Waals surface area contributed by atoms with Gasteiger partial charge in [0.2, 0.25) is 18.2 Å². The van der Waals surface area contributed by atoms with Crippen molar-refractivity contribution >= 4 is 24.2 Å². The molecular formula is C20H33N3O5. The third-order valence-corrected chi connectivity index (χ3v) is 4.76. The second-order valence-electron chi connectivity index (χ2n) is 7.73. The SMILES string of the molecule is CC(=C[C@H](C(C)C)N(C)C(=O)CNC=O)C(=O)N1CCC[C@H]1C(=O)OC(C)C. The van der Waals surface area contributed by atoms with E-state index in [0.717, 1.165) is 6.42 Å². The van der Waals surface area contributed by atoms with Crippen LogP contribution >= 0.6 is 0 Å². The van der Waals surface area contributed by atoms with Gasteiger partial charge >= 0.3 is 5.97 Å². The van der Waals surface area contributed by atoms with Crippen molar-refractivity contribution in [1.29, 1.82) is 0 Å². The Morgan fingerprint density at radius 1 is 1.25 bits per heavy atom. The van der Waals surface area contributed by atoms with Gasteiger partial charge in [-0.05, 0) is 39.5 Å². The molecule has 1 rings (SSSR count). The fourth-order valence-electron chi connectivity index (χ4n) is 3.29. The minimum Gasteiger partial charge on any atom is -0.461 e. The summed E-state index contributed by atoms with van der Waals surface area (Å²) in [6.45, 7) is 9.57. The Labute approximate surface area is 167 Å². The molecule has 1 N–H and O–H groups in total. The van der Waals surface area contributed by atoms with Crippen molar-refractivity contribution in [3.8, 4) is 0 Å². The van der Waals surface area contributed by atoms with Crippen LogP contribution in [0.2, 0.25) is 0 Å². The van der Waals surface area contributed by atoms with E-state index in [4.69, 9.17) is 4.74 Å². The Hall–Kier alpha value is -2.38. The summed E-state index contributed by atoms with van der Waals surface area (Å²) in [5, 5.41) is 2.36. The van der Waals surface area contributed by atoms with Crippen LogP contribution in [0.1, 0.15) is 47.5 Å². The molecule has 0 unspecified atom stereocenters. The first-order valence-corrected chi connectivity index (χ1v) is 9.72. The summed E-state index contributed by atoms with van der Waals surface area (Å²) in [6.07, 6.45) is 3.35. The fraction of sp³-hybridized carbons (Fsp3) is 0.700. The van der Waals surface area contributed by atoms with E-state index < -0.39 is 6.04 Å². The first-order chi connectivity index (χ1) is 13.1. The van der Waals surface area contributed by atoms with Gasteiger partial charge in [0.1, 0.15) is 6.04 Å². The van der Waals surface area contributed by atoms with E-state index in [-0.39, 0.29) is 42.4 Å². The van der Waals surface area contributed by atoms with Crippen molar-refractivity contribution in [3.63, 3.8) is 0 Å². The second kappa shape index (κ2) is 10.8. The van der Waals surface area contributed by atoms with Gasteiger partial charge in [-0.1, -0.05) is 19.9 Å². The molecular weight excluding hydrogens is 362 g/mol. The first kappa shape index (κ1) is 23.7. The maximum atomic E-state index is 13.0. The van der Waals surface area contributed by atoms with Crippen molar-refractivity contribution in [3.05, 3.63) is 11.6 Å². The molecule has 1 aliphatic heterocycles. The molecule has 0 spiro atoms. The summed E-state index contributed by atoms with van der Waals surface area (Å²) in [5.41, 5.74) is 0.478. The highest BCUT2D eigenvalue weighted by atomic mass is 16.5. The molecule has 8 heteroatoms. The molecule has 0 aromatic carbocycles. The predicted octanol–water partition coefficient (Wildman–Crippen LogP) is 1.10. The lowest BCUT2D eigenvalue weighted by molar-refractivity contribution is -0.155. The number of likely N-dealkylation sites (tertiary alicyclic amines) is 1. The van der Waals surface area contributed by atoms with Crippen molar-refractivity contribution < 1.29 is 23.9 Å². The summed E-state index contributed by atoms with van der Waals surface area (Å²) in [5.74, 6) is -0.780. The molecule has 0 saturated carbocycles. The molecule has 3 amide bonds. The molecule has 1 saturated heterocycles. The van der Waals surface area contributed by atoms with Crippen LogP contribution in [0.15, 0.2) is 11.6 Å². The Morgan fingerprint density at radius 2 is 1.89 bits per heavy atom. The largest absolute Gasteiger partial charge is 0.461 e. The summed E-state index contributed by atoms with van der Waals surface area (Å²) in [4.78, 5) is 51.0. The Balaban J connectivity index is 2.95. The van der Waals surface area contributed by atoms with Gasteiger partial charge in [0.15, 0.2) is 0 Å². The number of ether oxygens (including phenoxy) is 1. The van der Waals surface area contributed by atoms with E-state index >= 15 is 0 Å². The van der Waals surface area contributed by atoms with Crippen molar-refractivity contribution in [2.24, 2.45) is 5.92 Å². The average Bonchev–Trinajstić information content (AvgIpc) is 3.11. The summed E-state index contributed by atoms with van der Waals surface area (Å²) in [7, 11) is 1.65. The van der Waals surface area contributed by atoms with Crippen LogP contribution < -0.4 is 5.32 Å². The molecule has 158 valence electrons. The van der Waals surface area contributed by atoms with Crippen LogP contribution in [0.3, 0.4) is 0 Å². The van der Waals surface area contributed by atoms with Crippen LogP contribution in [0.4, 0.5) is 0 Å². The Bertz CT molecular complexity index is 615. The minimum atomic E-state index is -0.563. The molecule has 1 aliphatic rings. The van der Waals surface area contributed by atoms with Crippen molar-refractivity contribution in [1.82, 2.24) is 15.1 Å². The Morgan fingerprint density at radius 3 is 2.43 bits per heavy atom. The van der Waals surface area contributed by atoms with Crippen LogP contribution in [0.5, 0.6) is 0 Å². The van der Waals surface area contributed by atoms with E-state index in [1.54, 1.807) is 38.8 Å². The zero-order valence-corrected chi connectivity index (χ0v) is 17.7. The smallest absolute Gasteiger partial charge is 0.329 e. The number of esters is 1. The van der Waals surface area contributed by atoms with E-state index in [1.165, 1.54) is 4.90 Å². The third-order valence-electron chi connectivity index (χ3n) is 4.76. The topological polar surface area (TPSA) is 96.0 Å². The summed E-state index contributed by atoms with van der Waals surface area (Å²) in [6, 6.07) is -0.875. The number of carbonyl (C=O) groups excluding carboxylic acids is 4. The van der Waals surface area contributed by atoms with Gasteiger partial charge in [0.25, 0.3) is 0 Å². The maximum absolute atomic E-state index is 13.0.